The Labute approximate surface area is 386 Å². The highest BCUT2D eigenvalue weighted by Gasteiger charge is 2.28. The fourth-order valence-electron chi connectivity index (χ4n) is 10.6. The minimum absolute atomic E-state index is 0.575. The molecule has 7 aromatic carbocycles. The predicted octanol–water partition coefficient (Wildman–Crippen LogP) is 14.2. The van der Waals surface area contributed by atoms with Crippen LogP contribution in [-0.4, -0.2) is 38.6 Å². The van der Waals surface area contributed by atoms with Gasteiger partial charge in [-0.15, -0.1) is 0 Å². The molecule has 0 spiro atoms. The number of nitrogens with zero attached hydrogens (tertiary/aromatic N) is 8. The van der Waals surface area contributed by atoms with E-state index in [2.05, 4.69) is 199 Å². The van der Waals surface area contributed by atoms with Crippen LogP contribution in [0.1, 0.15) is 22.3 Å². The number of hydrogen-bond donors (Lipinski definition) is 0. The van der Waals surface area contributed by atoms with Crippen LogP contribution >= 0.6 is 0 Å². The molecule has 318 valence electrons. The molecule has 0 aliphatic carbocycles. The monoisotopic (exact) mass is 862 g/mol. The summed E-state index contributed by atoms with van der Waals surface area (Å²) in [5.74, 6) is 1.85. The van der Waals surface area contributed by atoms with E-state index in [1.807, 2.05) is 24.5 Å². The smallest absolute Gasteiger partial charge is 0.164 e. The van der Waals surface area contributed by atoms with Gasteiger partial charge in [-0.05, 0) is 111 Å². The lowest BCUT2D eigenvalue weighted by atomic mass is 10.0. The molecule has 8 heteroatoms. The van der Waals surface area contributed by atoms with Crippen molar-refractivity contribution in [1.29, 1.82) is 0 Å². The third kappa shape index (κ3) is 5.82. The summed E-state index contributed by atoms with van der Waals surface area (Å²) >= 11 is 0. The number of aromatic nitrogens is 8. The SMILES string of the molecule is Cc1cccc(C)c1-c1nc(-c2cc(-n3c4ccccc4c4ccccc43)c(-n3c4cccnc4c4ncccc43)c(-n3c4ccccc4c4ccccc43)c2)nc(-c2c(C)cccc2C)n1. The molecule has 0 radical (unpaired) electrons. The second-order valence-electron chi connectivity index (χ2n) is 17.5. The number of rotatable bonds is 6. The minimum Gasteiger partial charge on any atom is -0.307 e. The van der Waals surface area contributed by atoms with Crippen LogP contribution in [0.25, 0.3) is 117 Å². The zero-order valence-corrected chi connectivity index (χ0v) is 37.4. The summed E-state index contributed by atoms with van der Waals surface area (Å²) in [6, 6.07) is 60.4. The van der Waals surface area contributed by atoms with Crippen molar-refractivity contribution >= 4 is 65.7 Å². The van der Waals surface area contributed by atoms with Crippen molar-refractivity contribution in [2.75, 3.05) is 0 Å². The van der Waals surface area contributed by atoms with E-state index in [1.54, 1.807) is 0 Å². The summed E-state index contributed by atoms with van der Waals surface area (Å²) in [5.41, 5.74) is 18.0. The highest BCUT2D eigenvalue weighted by Crippen LogP contribution is 2.44. The van der Waals surface area contributed by atoms with Gasteiger partial charge in [0, 0.05) is 50.6 Å². The number of para-hydroxylation sites is 4. The lowest BCUT2D eigenvalue weighted by molar-refractivity contribution is 1.03. The second-order valence-corrected chi connectivity index (χ2v) is 17.5. The molecule has 0 saturated carbocycles. The molecule has 0 unspecified atom stereocenters. The number of aryl methyl sites for hydroxylation is 4. The van der Waals surface area contributed by atoms with Crippen LogP contribution in [0.15, 0.2) is 182 Å². The van der Waals surface area contributed by atoms with E-state index >= 15 is 0 Å². The Morgan fingerprint density at radius 3 is 1.06 bits per heavy atom. The molecule has 0 aliphatic heterocycles. The first kappa shape index (κ1) is 38.7. The highest BCUT2D eigenvalue weighted by molar-refractivity contribution is 6.12. The fourth-order valence-corrected chi connectivity index (χ4v) is 10.6. The van der Waals surface area contributed by atoms with Crippen LogP contribution < -0.4 is 0 Å². The van der Waals surface area contributed by atoms with Crippen molar-refractivity contribution in [3.8, 4) is 51.2 Å². The van der Waals surface area contributed by atoms with Crippen LogP contribution in [0.3, 0.4) is 0 Å². The lowest BCUT2D eigenvalue weighted by Gasteiger charge is -2.23. The number of fused-ring (bicyclic) bond motifs is 9. The zero-order chi connectivity index (χ0) is 44.9. The summed E-state index contributed by atoms with van der Waals surface area (Å²) in [7, 11) is 0. The van der Waals surface area contributed by atoms with Gasteiger partial charge in [0.2, 0.25) is 0 Å². The molecular weight excluding hydrogens is 821 g/mol. The molecule has 13 aromatic rings. The average Bonchev–Trinajstić information content (AvgIpc) is 3.99. The van der Waals surface area contributed by atoms with Crippen LogP contribution in [0.4, 0.5) is 0 Å². The molecule has 0 atom stereocenters. The Balaban J connectivity index is 1.27. The Morgan fingerprint density at radius 1 is 0.328 bits per heavy atom. The third-order valence-electron chi connectivity index (χ3n) is 13.5. The van der Waals surface area contributed by atoms with Gasteiger partial charge in [0.05, 0.1) is 50.2 Å². The Bertz CT molecular complexity index is 3760. The largest absolute Gasteiger partial charge is 0.307 e. The van der Waals surface area contributed by atoms with E-state index in [4.69, 9.17) is 24.9 Å². The van der Waals surface area contributed by atoms with E-state index in [0.717, 1.165) is 122 Å². The second kappa shape index (κ2) is 14.9. The van der Waals surface area contributed by atoms with Gasteiger partial charge >= 0.3 is 0 Å². The van der Waals surface area contributed by atoms with Gasteiger partial charge in [-0.3, -0.25) is 9.97 Å². The number of pyridine rings is 2. The van der Waals surface area contributed by atoms with Crippen molar-refractivity contribution < 1.29 is 0 Å². The summed E-state index contributed by atoms with van der Waals surface area (Å²) < 4.78 is 7.21. The molecular formula is C59H42N8. The van der Waals surface area contributed by atoms with Crippen LogP contribution in [0.5, 0.6) is 0 Å². The van der Waals surface area contributed by atoms with Gasteiger partial charge in [0.25, 0.3) is 0 Å². The van der Waals surface area contributed by atoms with Gasteiger partial charge in [0.15, 0.2) is 17.5 Å². The fraction of sp³-hybridized carbons (Fsp3) is 0.0678. The molecule has 0 bridgehead atoms. The molecule has 13 rings (SSSR count). The maximum atomic E-state index is 5.50. The number of hydrogen-bond acceptors (Lipinski definition) is 5. The topological polar surface area (TPSA) is 79.2 Å². The summed E-state index contributed by atoms with van der Waals surface area (Å²) in [4.78, 5) is 26.3. The summed E-state index contributed by atoms with van der Waals surface area (Å²) in [6.45, 7) is 8.54. The van der Waals surface area contributed by atoms with E-state index in [9.17, 15) is 0 Å². The van der Waals surface area contributed by atoms with Crippen molar-refractivity contribution in [2.45, 2.75) is 27.7 Å². The Kier molecular flexibility index (Phi) is 8.60. The molecule has 0 N–H and O–H groups in total. The first-order valence-electron chi connectivity index (χ1n) is 22.7. The zero-order valence-electron chi connectivity index (χ0n) is 37.4. The lowest BCUT2D eigenvalue weighted by Crippen LogP contribution is -2.11. The van der Waals surface area contributed by atoms with Gasteiger partial charge in [0.1, 0.15) is 11.0 Å². The molecule has 0 amide bonds. The standard InChI is InChI=1S/C59H42N8/c1-35-17-13-18-36(2)52(35)58-62-57(63-59(64-58)53-37(3)19-14-20-38(53)4)39-33-50(65-44-25-9-5-21-40(44)41-22-6-10-26-45(41)65)56(67-48-29-15-31-60-54(48)55-49(67)30-16-32-61-55)51(34-39)66-46-27-11-7-23-42(46)43-24-8-12-28-47(43)66/h5-34H,1-4H3. The van der Waals surface area contributed by atoms with Gasteiger partial charge in [-0.25, -0.2) is 15.0 Å². The van der Waals surface area contributed by atoms with Crippen LogP contribution in [0.2, 0.25) is 0 Å². The van der Waals surface area contributed by atoms with Gasteiger partial charge < -0.3 is 13.7 Å². The summed E-state index contributed by atoms with van der Waals surface area (Å²) in [6.07, 6.45) is 3.71. The minimum atomic E-state index is 0.575. The third-order valence-corrected chi connectivity index (χ3v) is 13.5. The molecule has 6 heterocycles. The first-order valence-corrected chi connectivity index (χ1v) is 22.7. The molecule has 0 fully saturated rings. The van der Waals surface area contributed by atoms with E-state index in [1.165, 1.54) is 0 Å². The van der Waals surface area contributed by atoms with Gasteiger partial charge in [-0.2, -0.15) is 0 Å². The molecule has 6 aromatic heterocycles. The van der Waals surface area contributed by atoms with Crippen molar-refractivity contribution in [3.63, 3.8) is 0 Å². The highest BCUT2D eigenvalue weighted by atomic mass is 15.1. The van der Waals surface area contributed by atoms with E-state index in [0.29, 0.717) is 17.5 Å². The maximum absolute atomic E-state index is 5.50. The van der Waals surface area contributed by atoms with Crippen molar-refractivity contribution in [3.05, 3.63) is 205 Å². The Morgan fingerprint density at radius 2 is 0.672 bits per heavy atom. The number of benzene rings is 7. The normalized spacial score (nSPS) is 11.9. The van der Waals surface area contributed by atoms with Crippen molar-refractivity contribution in [1.82, 2.24) is 38.6 Å². The van der Waals surface area contributed by atoms with Crippen LogP contribution in [-0.2, 0) is 0 Å². The van der Waals surface area contributed by atoms with Crippen molar-refractivity contribution in [2.24, 2.45) is 0 Å². The molecule has 8 nitrogen and oxygen atoms in total. The predicted molar refractivity (Wildman–Crippen MR) is 274 cm³/mol. The summed E-state index contributed by atoms with van der Waals surface area (Å²) in [5, 5.41) is 4.64. The van der Waals surface area contributed by atoms with E-state index < -0.39 is 0 Å². The molecule has 67 heavy (non-hydrogen) atoms. The van der Waals surface area contributed by atoms with Gasteiger partial charge in [-0.1, -0.05) is 109 Å². The molecule has 0 saturated heterocycles. The Hall–Kier alpha value is -8.75. The van der Waals surface area contributed by atoms with Crippen LogP contribution in [0, 0.1) is 27.7 Å². The molecule has 0 aliphatic rings. The first-order chi connectivity index (χ1) is 32.9. The van der Waals surface area contributed by atoms with E-state index in [-0.39, 0.29) is 0 Å². The quantitative estimate of drug-likeness (QED) is 0.166. The maximum Gasteiger partial charge on any atom is 0.164 e. The average molecular weight is 863 g/mol.